The van der Waals surface area contributed by atoms with Gasteiger partial charge in [0.1, 0.15) is 0 Å². The number of halogens is 2. The van der Waals surface area contributed by atoms with Crippen LogP contribution in [0.1, 0.15) is 36.0 Å². The first-order chi connectivity index (χ1) is 10.0. The molecule has 2 rings (SSSR count). The second-order valence-corrected chi connectivity index (χ2v) is 6.32. The topological polar surface area (TPSA) is 72.2 Å². The SMILES string of the molecule is O=C(NC1CCCCC1CBr)c1cc(Cl)cc([N+](=O)[O-])c1. The molecule has 0 saturated heterocycles. The highest BCUT2D eigenvalue weighted by Gasteiger charge is 2.26. The average Bonchev–Trinajstić information content (AvgIpc) is 2.47. The summed E-state index contributed by atoms with van der Waals surface area (Å²) in [6.45, 7) is 0. The molecule has 1 aromatic carbocycles. The summed E-state index contributed by atoms with van der Waals surface area (Å²) in [5, 5.41) is 14.8. The lowest BCUT2D eigenvalue weighted by Gasteiger charge is -2.31. The number of nitro benzene ring substituents is 1. The first-order valence-corrected chi connectivity index (χ1v) is 8.33. The standard InChI is InChI=1S/C14H16BrClN2O3/c15-8-9-3-1-2-4-13(9)17-14(19)10-5-11(16)7-12(6-10)18(20)21/h5-7,9,13H,1-4,8H2,(H,17,19). The third-order valence-electron chi connectivity index (χ3n) is 3.78. The number of benzene rings is 1. The summed E-state index contributed by atoms with van der Waals surface area (Å²) in [7, 11) is 0. The third kappa shape index (κ3) is 4.17. The van der Waals surface area contributed by atoms with Crippen LogP contribution < -0.4 is 5.32 Å². The molecule has 0 spiro atoms. The summed E-state index contributed by atoms with van der Waals surface area (Å²) in [5.74, 6) is 0.0929. The minimum absolute atomic E-state index is 0.101. The predicted octanol–water partition coefficient (Wildman–Crippen LogP) is 3.93. The molecule has 0 radical (unpaired) electrons. The van der Waals surface area contributed by atoms with Crippen LogP contribution in [0.5, 0.6) is 0 Å². The van der Waals surface area contributed by atoms with Crippen LogP contribution in [0, 0.1) is 16.0 Å². The maximum absolute atomic E-state index is 12.3. The molecular formula is C14H16BrClN2O3. The predicted molar refractivity (Wildman–Crippen MR) is 85.1 cm³/mol. The molecule has 1 saturated carbocycles. The van der Waals surface area contributed by atoms with Crippen molar-refractivity contribution in [3.05, 3.63) is 38.9 Å². The van der Waals surface area contributed by atoms with Crippen LogP contribution in [-0.2, 0) is 0 Å². The van der Waals surface area contributed by atoms with E-state index in [0.29, 0.717) is 5.92 Å². The van der Waals surface area contributed by atoms with Gasteiger partial charge in [-0.1, -0.05) is 40.4 Å². The highest BCUT2D eigenvalue weighted by Crippen LogP contribution is 2.27. The Morgan fingerprint density at radius 2 is 2.10 bits per heavy atom. The Morgan fingerprint density at radius 3 is 2.76 bits per heavy atom. The summed E-state index contributed by atoms with van der Waals surface area (Å²) >= 11 is 9.32. The second kappa shape index (κ2) is 7.22. The van der Waals surface area contributed by atoms with E-state index in [4.69, 9.17) is 11.6 Å². The van der Waals surface area contributed by atoms with Gasteiger partial charge in [-0.3, -0.25) is 14.9 Å². The van der Waals surface area contributed by atoms with E-state index in [0.717, 1.165) is 24.6 Å². The van der Waals surface area contributed by atoms with Crippen molar-refractivity contribution < 1.29 is 9.72 Å². The fourth-order valence-corrected chi connectivity index (χ4v) is 3.65. The minimum atomic E-state index is -0.551. The molecule has 5 nitrogen and oxygen atoms in total. The number of nitrogens with one attached hydrogen (secondary N) is 1. The van der Waals surface area contributed by atoms with Crippen molar-refractivity contribution in [2.24, 2.45) is 5.92 Å². The van der Waals surface area contributed by atoms with Gasteiger partial charge in [-0.05, 0) is 24.8 Å². The molecule has 114 valence electrons. The Labute approximate surface area is 136 Å². The Morgan fingerprint density at radius 1 is 1.38 bits per heavy atom. The van der Waals surface area contributed by atoms with Crippen molar-refractivity contribution in [1.82, 2.24) is 5.32 Å². The lowest BCUT2D eigenvalue weighted by molar-refractivity contribution is -0.384. The third-order valence-corrected chi connectivity index (χ3v) is 4.83. The largest absolute Gasteiger partial charge is 0.349 e. The van der Waals surface area contributed by atoms with Crippen LogP contribution in [0.3, 0.4) is 0 Å². The smallest absolute Gasteiger partial charge is 0.271 e. The van der Waals surface area contributed by atoms with Crippen molar-refractivity contribution in [3.63, 3.8) is 0 Å². The number of alkyl halides is 1. The number of non-ortho nitro benzene ring substituents is 1. The first-order valence-electron chi connectivity index (χ1n) is 6.83. The first kappa shape index (κ1) is 16.2. The number of hydrogen-bond acceptors (Lipinski definition) is 3. The molecule has 1 fully saturated rings. The van der Waals surface area contributed by atoms with E-state index in [9.17, 15) is 14.9 Å². The summed E-state index contributed by atoms with van der Waals surface area (Å²) in [4.78, 5) is 22.6. The van der Waals surface area contributed by atoms with Crippen molar-refractivity contribution in [2.45, 2.75) is 31.7 Å². The fourth-order valence-electron chi connectivity index (χ4n) is 2.64. The van der Waals surface area contributed by atoms with E-state index in [2.05, 4.69) is 21.2 Å². The van der Waals surface area contributed by atoms with E-state index in [1.807, 2.05) is 0 Å². The van der Waals surface area contributed by atoms with E-state index in [-0.39, 0.29) is 28.2 Å². The van der Waals surface area contributed by atoms with Crippen LogP contribution in [0.2, 0.25) is 5.02 Å². The summed E-state index contributed by atoms with van der Waals surface area (Å²) in [5.41, 5.74) is 0.0569. The molecule has 7 heteroatoms. The van der Waals surface area contributed by atoms with E-state index < -0.39 is 4.92 Å². The van der Waals surface area contributed by atoms with Crippen LogP contribution >= 0.6 is 27.5 Å². The summed E-state index contributed by atoms with van der Waals surface area (Å²) < 4.78 is 0. The molecule has 1 aliphatic carbocycles. The van der Waals surface area contributed by atoms with Gasteiger partial charge in [0, 0.05) is 34.1 Å². The highest BCUT2D eigenvalue weighted by molar-refractivity contribution is 9.09. The zero-order valence-electron chi connectivity index (χ0n) is 11.4. The van der Waals surface area contributed by atoms with Gasteiger partial charge in [0.05, 0.1) is 4.92 Å². The van der Waals surface area contributed by atoms with Crippen LogP contribution in [0.4, 0.5) is 5.69 Å². The molecular weight excluding hydrogens is 360 g/mol. The van der Waals surface area contributed by atoms with Gasteiger partial charge >= 0.3 is 0 Å². The molecule has 0 bridgehead atoms. The van der Waals surface area contributed by atoms with Gasteiger partial charge in [-0.25, -0.2) is 0 Å². The van der Waals surface area contributed by atoms with Gasteiger partial charge in [-0.2, -0.15) is 0 Å². The normalized spacial score (nSPS) is 21.8. The monoisotopic (exact) mass is 374 g/mol. The van der Waals surface area contributed by atoms with E-state index >= 15 is 0 Å². The molecule has 21 heavy (non-hydrogen) atoms. The quantitative estimate of drug-likeness (QED) is 0.492. The van der Waals surface area contributed by atoms with Crippen LogP contribution in [-0.4, -0.2) is 22.2 Å². The highest BCUT2D eigenvalue weighted by atomic mass is 79.9. The number of hydrogen-bond donors (Lipinski definition) is 1. The van der Waals surface area contributed by atoms with Crippen molar-refractivity contribution >= 4 is 39.1 Å². The molecule has 1 amide bonds. The lowest BCUT2D eigenvalue weighted by Crippen LogP contribution is -2.42. The van der Waals surface area contributed by atoms with Gasteiger partial charge in [-0.15, -0.1) is 0 Å². The maximum Gasteiger partial charge on any atom is 0.271 e. The summed E-state index contributed by atoms with van der Waals surface area (Å²) in [6.07, 6.45) is 4.27. The number of nitrogens with zero attached hydrogens (tertiary/aromatic N) is 1. The number of rotatable bonds is 4. The zero-order chi connectivity index (χ0) is 15.4. The molecule has 1 aliphatic rings. The van der Waals surface area contributed by atoms with E-state index in [1.54, 1.807) is 0 Å². The molecule has 1 N–H and O–H groups in total. The van der Waals surface area contributed by atoms with Gasteiger partial charge in [0.15, 0.2) is 0 Å². The number of amides is 1. The Kier molecular flexibility index (Phi) is 5.58. The van der Waals surface area contributed by atoms with Crippen molar-refractivity contribution in [1.29, 1.82) is 0 Å². The van der Waals surface area contributed by atoms with Gasteiger partial charge < -0.3 is 5.32 Å². The Bertz CT molecular complexity index is 553. The average molecular weight is 376 g/mol. The van der Waals surface area contributed by atoms with Gasteiger partial charge in [0.2, 0.25) is 0 Å². The van der Waals surface area contributed by atoms with Crippen LogP contribution in [0.15, 0.2) is 18.2 Å². The van der Waals surface area contributed by atoms with Gasteiger partial charge in [0.25, 0.3) is 11.6 Å². The molecule has 2 atom stereocenters. The zero-order valence-corrected chi connectivity index (χ0v) is 13.7. The van der Waals surface area contributed by atoms with E-state index in [1.165, 1.54) is 24.6 Å². The summed E-state index contributed by atoms with van der Waals surface area (Å²) in [6, 6.07) is 4.05. The van der Waals surface area contributed by atoms with Crippen LogP contribution in [0.25, 0.3) is 0 Å². The molecule has 0 aromatic heterocycles. The minimum Gasteiger partial charge on any atom is -0.349 e. The number of nitro groups is 1. The fraction of sp³-hybridized carbons (Fsp3) is 0.500. The molecule has 1 aromatic rings. The second-order valence-electron chi connectivity index (χ2n) is 5.23. The molecule has 0 aliphatic heterocycles. The molecule has 2 unspecified atom stereocenters. The Hall–Kier alpha value is -1.14. The Balaban J connectivity index is 2.14. The number of carbonyl (C=O) groups is 1. The van der Waals surface area contributed by atoms with Crippen molar-refractivity contribution in [3.8, 4) is 0 Å². The van der Waals surface area contributed by atoms with Crippen molar-refractivity contribution in [2.75, 3.05) is 5.33 Å². The maximum atomic E-state index is 12.3. The lowest BCUT2D eigenvalue weighted by atomic mass is 9.86. The number of carbonyl (C=O) groups excluding carboxylic acids is 1. The molecule has 0 heterocycles.